The SMILES string of the molecule is CC(C)c1cc(Br)ccc1OCCCCCNC1CC1. The van der Waals surface area contributed by atoms with Crippen molar-refractivity contribution in [2.45, 2.75) is 57.9 Å². The van der Waals surface area contributed by atoms with Crippen LogP contribution in [0.1, 0.15) is 57.4 Å². The van der Waals surface area contributed by atoms with Crippen LogP contribution in [0.3, 0.4) is 0 Å². The number of hydrogen-bond acceptors (Lipinski definition) is 2. The van der Waals surface area contributed by atoms with Gasteiger partial charge in [0, 0.05) is 10.5 Å². The van der Waals surface area contributed by atoms with Crippen molar-refractivity contribution in [3.8, 4) is 5.75 Å². The van der Waals surface area contributed by atoms with Gasteiger partial charge >= 0.3 is 0 Å². The van der Waals surface area contributed by atoms with Crippen molar-refractivity contribution < 1.29 is 4.74 Å². The van der Waals surface area contributed by atoms with Gasteiger partial charge in [0.2, 0.25) is 0 Å². The molecule has 0 spiro atoms. The lowest BCUT2D eigenvalue weighted by Crippen LogP contribution is -2.17. The molecule has 1 aromatic rings. The van der Waals surface area contributed by atoms with E-state index in [4.69, 9.17) is 4.74 Å². The molecule has 1 saturated carbocycles. The molecule has 2 nitrogen and oxygen atoms in total. The highest BCUT2D eigenvalue weighted by Gasteiger charge is 2.19. The van der Waals surface area contributed by atoms with Crippen molar-refractivity contribution in [1.29, 1.82) is 0 Å². The molecule has 20 heavy (non-hydrogen) atoms. The first kappa shape index (κ1) is 15.8. The Labute approximate surface area is 131 Å². The van der Waals surface area contributed by atoms with Crippen molar-refractivity contribution in [3.63, 3.8) is 0 Å². The number of unbranched alkanes of at least 4 members (excludes halogenated alkanes) is 2. The van der Waals surface area contributed by atoms with E-state index in [-0.39, 0.29) is 0 Å². The van der Waals surface area contributed by atoms with Crippen molar-refractivity contribution in [2.24, 2.45) is 0 Å². The van der Waals surface area contributed by atoms with Crippen LogP contribution in [0.5, 0.6) is 5.75 Å². The Morgan fingerprint density at radius 3 is 2.75 bits per heavy atom. The maximum atomic E-state index is 5.95. The number of rotatable bonds is 9. The van der Waals surface area contributed by atoms with E-state index in [1.165, 1.54) is 37.8 Å². The van der Waals surface area contributed by atoms with Gasteiger partial charge in [0.05, 0.1) is 6.61 Å². The van der Waals surface area contributed by atoms with Crippen LogP contribution < -0.4 is 10.1 Å². The fraction of sp³-hybridized carbons (Fsp3) is 0.647. The molecule has 112 valence electrons. The van der Waals surface area contributed by atoms with E-state index in [1.54, 1.807) is 0 Å². The van der Waals surface area contributed by atoms with E-state index in [1.807, 2.05) is 0 Å². The van der Waals surface area contributed by atoms with Gasteiger partial charge in [-0.1, -0.05) is 29.8 Å². The predicted molar refractivity (Wildman–Crippen MR) is 88.6 cm³/mol. The molecular weight excluding hydrogens is 314 g/mol. The van der Waals surface area contributed by atoms with Gasteiger partial charge in [-0.15, -0.1) is 0 Å². The molecule has 0 atom stereocenters. The van der Waals surface area contributed by atoms with Crippen molar-refractivity contribution in [1.82, 2.24) is 5.32 Å². The van der Waals surface area contributed by atoms with Crippen LogP contribution in [-0.4, -0.2) is 19.2 Å². The van der Waals surface area contributed by atoms with Crippen LogP contribution in [0, 0.1) is 0 Å². The summed E-state index contributed by atoms with van der Waals surface area (Å²) in [4.78, 5) is 0. The first-order chi connectivity index (χ1) is 9.66. The van der Waals surface area contributed by atoms with Crippen LogP contribution in [-0.2, 0) is 0 Å². The summed E-state index contributed by atoms with van der Waals surface area (Å²) in [5.74, 6) is 1.53. The average Bonchev–Trinajstić information content (AvgIpc) is 3.23. The average molecular weight is 340 g/mol. The molecule has 0 heterocycles. The number of ether oxygens (including phenoxy) is 1. The summed E-state index contributed by atoms with van der Waals surface area (Å²) >= 11 is 3.53. The molecule has 0 radical (unpaired) electrons. The van der Waals surface area contributed by atoms with Gasteiger partial charge in [0.1, 0.15) is 5.75 Å². The minimum Gasteiger partial charge on any atom is -0.493 e. The Kier molecular flexibility index (Phi) is 6.37. The fourth-order valence-electron chi connectivity index (χ4n) is 2.28. The highest BCUT2D eigenvalue weighted by atomic mass is 79.9. The molecular formula is C17H26BrNO. The molecule has 0 aromatic heterocycles. The molecule has 2 rings (SSSR count). The maximum Gasteiger partial charge on any atom is 0.122 e. The smallest absolute Gasteiger partial charge is 0.122 e. The molecule has 0 unspecified atom stereocenters. The number of halogens is 1. The summed E-state index contributed by atoms with van der Waals surface area (Å²) in [6.45, 7) is 6.40. The Bertz CT molecular complexity index is 415. The van der Waals surface area contributed by atoms with Crippen molar-refractivity contribution >= 4 is 15.9 Å². The largest absolute Gasteiger partial charge is 0.493 e. The number of benzene rings is 1. The molecule has 3 heteroatoms. The van der Waals surface area contributed by atoms with Crippen LogP contribution >= 0.6 is 15.9 Å². The lowest BCUT2D eigenvalue weighted by molar-refractivity contribution is 0.301. The second-order valence-corrected chi connectivity index (χ2v) is 6.89. The highest BCUT2D eigenvalue weighted by molar-refractivity contribution is 9.10. The topological polar surface area (TPSA) is 21.3 Å². The quantitative estimate of drug-likeness (QED) is 0.647. The Morgan fingerprint density at radius 2 is 2.05 bits per heavy atom. The van der Waals surface area contributed by atoms with E-state index in [0.717, 1.165) is 29.3 Å². The third-order valence-electron chi connectivity index (χ3n) is 3.68. The Morgan fingerprint density at radius 1 is 1.25 bits per heavy atom. The third kappa shape index (κ3) is 5.45. The maximum absolute atomic E-state index is 5.95. The molecule has 1 aliphatic carbocycles. The van der Waals surface area contributed by atoms with E-state index in [9.17, 15) is 0 Å². The second kappa shape index (κ2) is 8.04. The first-order valence-electron chi connectivity index (χ1n) is 7.82. The van der Waals surface area contributed by atoms with Gasteiger partial charge in [0.25, 0.3) is 0 Å². The summed E-state index contributed by atoms with van der Waals surface area (Å²) in [6.07, 6.45) is 6.40. The van der Waals surface area contributed by atoms with E-state index >= 15 is 0 Å². The molecule has 0 aliphatic heterocycles. The third-order valence-corrected chi connectivity index (χ3v) is 4.18. The molecule has 1 aromatic carbocycles. The standard InChI is InChI=1S/C17H26BrNO/c1-13(2)16-12-14(18)6-9-17(16)20-11-5-3-4-10-19-15-7-8-15/h6,9,12-13,15,19H,3-5,7-8,10-11H2,1-2H3. The molecule has 1 N–H and O–H groups in total. The van der Waals surface area contributed by atoms with Gasteiger partial charge in [-0.2, -0.15) is 0 Å². The zero-order chi connectivity index (χ0) is 14.4. The van der Waals surface area contributed by atoms with E-state index in [0.29, 0.717) is 5.92 Å². The van der Waals surface area contributed by atoms with Gasteiger partial charge < -0.3 is 10.1 Å². The van der Waals surface area contributed by atoms with Crippen molar-refractivity contribution in [3.05, 3.63) is 28.2 Å². The first-order valence-corrected chi connectivity index (χ1v) is 8.61. The fourth-order valence-corrected chi connectivity index (χ4v) is 2.66. The molecule has 1 fully saturated rings. The van der Waals surface area contributed by atoms with Gasteiger partial charge in [-0.05, 0) is 68.3 Å². The molecule has 0 amide bonds. The zero-order valence-corrected chi connectivity index (χ0v) is 14.2. The van der Waals surface area contributed by atoms with Crippen LogP contribution in [0.4, 0.5) is 0 Å². The summed E-state index contributed by atoms with van der Waals surface area (Å²) in [6, 6.07) is 7.14. The predicted octanol–water partition coefficient (Wildman–Crippen LogP) is 4.87. The summed E-state index contributed by atoms with van der Waals surface area (Å²) in [5.41, 5.74) is 1.29. The van der Waals surface area contributed by atoms with Crippen LogP contribution in [0.15, 0.2) is 22.7 Å². The monoisotopic (exact) mass is 339 g/mol. The van der Waals surface area contributed by atoms with Gasteiger partial charge in [-0.25, -0.2) is 0 Å². The Balaban J connectivity index is 1.65. The molecule has 0 saturated heterocycles. The van der Waals surface area contributed by atoms with Gasteiger partial charge in [-0.3, -0.25) is 0 Å². The summed E-state index contributed by atoms with van der Waals surface area (Å²) in [7, 11) is 0. The van der Waals surface area contributed by atoms with Gasteiger partial charge in [0.15, 0.2) is 0 Å². The molecule has 0 bridgehead atoms. The summed E-state index contributed by atoms with van der Waals surface area (Å²) in [5, 5.41) is 3.55. The number of nitrogens with one attached hydrogen (secondary N) is 1. The highest BCUT2D eigenvalue weighted by Crippen LogP contribution is 2.29. The second-order valence-electron chi connectivity index (χ2n) is 5.97. The van der Waals surface area contributed by atoms with Crippen molar-refractivity contribution in [2.75, 3.05) is 13.2 Å². The lowest BCUT2D eigenvalue weighted by atomic mass is 10.0. The summed E-state index contributed by atoms with van der Waals surface area (Å²) < 4.78 is 7.08. The van der Waals surface area contributed by atoms with Crippen LogP contribution in [0.2, 0.25) is 0 Å². The lowest BCUT2D eigenvalue weighted by Gasteiger charge is -2.14. The van der Waals surface area contributed by atoms with E-state index < -0.39 is 0 Å². The van der Waals surface area contributed by atoms with Crippen LogP contribution in [0.25, 0.3) is 0 Å². The Hall–Kier alpha value is -0.540. The normalized spacial score (nSPS) is 14.8. The minimum absolute atomic E-state index is 0.491. The van der Waals surface area contributed by atoms with E-state index in [2.05, 4.69) is 53.3 Å². The minimum atomic E-state index is 0.491. The zero-order valence-electron chi connectivity index (χ0n) is 12.6. The molecule has 1 aliphatic rings. The number of hydrogen-bond donors (Lipinski definition) is 1.